The van der Waals surface area contributed by atoms with Gasteiger partial charge in [-0.05, 0) is 43.0 Å². The van der Waals surface area contributed by atoms with Crippen molar-refractivity contribution in [2.24, 2.45) is 5.73 Å². The number of likely N-dealkylation sites (N-methyl/N-ethyl adjacent to an activating group) is 1. The van der Waals surface area contributed by atoms with Crippen LogP contribution in [0.5, 0.6) is 0 Å². The zero-order valence-corrected chi connectivity index (χ0v) is 13.0. The number of benzene rings is 1. The highest BCUT2D eigenvalue weighted by Crippen LogP contribution is 2.13. The second kappa shape index (κ2) is 8.46. The molecule has 0 heterocycles. The van der Waals surface area contributed by atoms with Crippen LogP contribution in [0.4, 0.5) is 0 Å². The van der Waals surface area contributed by atoms with Crippen LogP contribution in [0, 0.1) is 0 Å². The molecule has 3 nitrogen and oxygen atoms in total. The normalized spacial score (nSPS) is 12.2. The summed E-state index contributed by atoms with van der Waals surface area (Å²) in [4.78, 5) is 14.0. The van der Waals surface area contributed by atoms with Gasteiger partial charge in [-0.25, -0.2) is 0 Å². The topological polar surface area (TPSA) is 46.3 Å². The first-order valence-electron chi connectivity index (χ1n) is 6.36. The molecule has 0 fully saturated rings. The third-order valence-corrected chi connectivity index (χ3v) is 3.79. The maximum absolute atomic E-state index is 12.2. The second-order valence-corrected chi connectivity index (χ2v) is 5.79. The van der Waals surface area contributed by atoms with Crippen molar-refractivity contribution in [3.8, 4) is 0 Å². The standard InChI is InChI=1S/C14H21ClN2OS/c1-3-17(14(18)13(16)7-8-19-2)10-11-5-4-6-12(15)9-11/h4-6,9,13H,3,7-8,10,16H2,1-2H3/t13-/m0/s1. The summed E-state index contributed by atoms with van der Waals surface area (Å²) in [6, 6.07) is 7.16. The number of nitrogens with two attached hydrogens (primary N) is 1. The smallest absolute Gasteiger partial charge is 0.239 e. The molecule has 0 unspecified atom stereocenters. The molecular weight excluding hydrogens is 280 g/mol. The summed E-state index contributed by atoms with van der Waals surface area (Å²) in [5.74, 6) is 0.915. The Labute approximate surface area is 124 Å². The van der Waals surface area contributed by atoms with E-state index in [0.29, 0.717) is 24.5 Å². The predicted octanol–water partition coefficient (Wildman–Crippen LogP) is 2.77. The van der Waals surface area contributed by atoms with E-state index in [4.69, 9.17) is 17.3 Å². The summed E-state index contributed by atoms with van der Waals surface area (Å²) in [7, 11) is 0. The van der Waals surface area contributed by atoms with E-state index >= 15 is 0 Å². The number of rotatable bonds is 7. The van der Waals surface area contributed by atoms with Gasteiger partial charge in [-0.3, -0.25) is 4.79 Å². The Bertz CT molecular complexity index is 414. The Morgan fingerprint density at radius 1 is 1.53 bits per heavy atom. The fourth-order valence-electron chi connectivity index (χ4n) is 1.80. The Kier molecular flexibility index (Phi) is 7.28. The third-order valence-electron chi connectivity index (χ3n) is 2.91. The number of hydrogen-bond acceptors (Lipinski definition) is 3. The molecule has 2 N–H and O–H groups in total. The molecule has 0 radical (unpaired) electrons. The van der Waals surface area contributed by atoms with E-state index in [9.17, 15) is 4.79 Å². The fraction of sp³-hybridized carbons (Fsp3) is 0.500. The zero-order valence-electron chi connectivity index (χ0n) is 11.4. The lowest BCUT2D eigenvalue weighted by Gasteiger charge is -2.24. The lowest BCUT2D eigenvalue weighted by Crippen LogP contribution is -2.43. The number of carbonyl (C=O) groups excluding carboxylic acids is 1. The summed E-state index contributed by atoms with van der Waals surface area (Å²) in [5.41, 5.74) is 6.96. The fourth-order valence-corrected chi connectivity index (χ4v) is 2.51. The molecule has 5 heteroatoms. The number of thioether (sulfide) groups is 1. The highest BCUT2D eigenvalue weighted by Gasteiger charge is 2.19. The van der Waals surface area contributed by atoms with Crippen molar-refractivity contribution in [3.05, 3.63) is 34.9 Å². The number of hydrogen-bond donors (Lipinski definition) is 1. The van der Waals surface area contributed by atoms with Crippen LogP contribution in [0.1, 0.15) is 18.9 Å². The molecule has 0 aliphatic heterocycles. The molecule has 0 saturated carbocycles. The van der Waals surface area contributed by atoms with Gasteiger partial charge in [0.25, 0.3) is 0 Å². The monoisotopic (exact) mass is 300 g/mol. The quantitative estimate of drug-likeness (QED) is 0.842. The first kappa shape index (κ1) is 16.3. The first-order chi connectivity index (χ1) is 9.08. The molecule has 1 aromatic carbocycles. The highest BCUT2D eigenvalue weighted by molar-refractivity contribution is 7.98. The van der Waals surface area contributed by atoms with Gasteiger partial charge in [-0.2, -0.15) is 11.8 Å². The molecule has 0 saturated heterocycles. The molecule has 0 aromatic heterocycles. The van der Waals surface area contributed by atoms with Crippen molar-refractivity contribution in [1.29, 1.82) is 0 Å². The zero-order chi connectivity index (χ0) is 14.3. The minimum atomic E-state index is -0.411. The Morgan fingerprint density at radius 2 is 2.26 bits per heavy atom. The molecule has 0 bridgehead atoms. The summed E-state index contributed by atoms with van der Waals surface area (Å²) >= 11 is 7.66. The van der Waals surface area contributed by atoms with Crippen LogP contribution < -0.4 is 5.73 Å². The molecule has 0 aliphatic carbocycles. The van der Waals surface area contributed by atoms with E-state index < -0.39 is 6.04 Å². The molecule has 1 rings (SSSR count). The Hall–Kier alpha value is -0.710. The van der Waals surface area contributed by atoms with Gasteiger partial charge in [0.2, 0.25) is 5.91 Å². The summed E-state index contributed by atoms with van der Waals surface area (Å²) < 4.78 is 0. The minimum absolute atomic E-state index is 0.0107. The van der Waals surface area contributed by atoms with Crippen LogP contribution in [0.2, 0.25) is 5.02 Å². The maximum atomic E-state index is 12.2. The van der Waals surface area contributed by atoms with Gasteiger partial charge in [0, 0.05) is 18.1 Å². The van der Waals surface area contributed by atoms with Gasteiger partial charge in [0.05, 0.1) is 6.04 Å². The van der Waals surface area contributed by atoms with Crippen LogP contribution in [0.15, 0.2) is 24.3 Å². The van der Waals surface area contributed by atoms with Crippen LogP contribution in [0.25, 0.3) is 0 Å². The van der Waals surface area contributed by atoms with Crippen molar-refractivity contribution < 1.29 is 4.79 Å². The molecular formula is C14H21ClN2OS. The van der Waals surface area contributed by atoms with Gasteiger partial charge < -0.3 is 10.6 Å². The van der Waals surface area contributed by atoms with Crippen LogP contribution >= 0.6 is 23.4 Å². The molecule has 0 spiro atoms. The van der Waals surface area contributed by atoms with Gasteiger partial charge >= 0.3 is 0 Å². The second-order valence-electron chi connectivity index (χ2n) is 4.37. The third kappa shape index (κ3) is 5.43. The minimum Gasteiger partial charge on any atom is -0.337 e. The molecule has 106 valence electrons. The largest absolute Gasteiger partial charge is 0.337 e. The summed E-state index contributed by atoms with van der Waals surface area (Å²) in [5, 5.41) is 0.688. The van der Waals surface area contributed by atoms with E-state index in [1.54, 1.807) is 16.7 Å². The highest BCUT2D eigenvalue weighted by atomic mass is 35.5. The summed E-state index contributed by atoms with van der Waals surface area (Å²) in [6.07, 6.45) is 2.73. The predicted molar refractivity (Wildman–Crippen MR) is 83.5 cm³/mol. The number of amides is 1. The molecule has 0 aliphatic rings. The van der Waals surface area contributed by atoms with E-state index in [-0.39, 0.29) is 5.91 Å². The molecule has 1 atom stereocenters. The van der Waals surface area contributed by atoms with E-state index in [1.165, 1.54) is 0 Å². The van der Waals surface area contributed by atoms with Crippen LogP contribution in [0.3, 0.4) is 0 Å². The number of nitrogens with zero attached hydrogens (tertiary/aromatic N) is 1. The van der Waals surface area contributed by atoms with Crippen molar-refractivity contribution in [2.45, 2.75) is 25.9 Å². The lowest BCUT2D eigenvalue weighted by atomic mass is 10.1. The van der Waals surface area contributed by atoms with Gasteiger partial charge in [0.1, 0.15) is 0 Å². The van der Waals surface area contributed by atoms with E-state index in [0.717, 1.165) is 11.3 Å². The average molecular weight is 301 g/mol. The Balaban J connectivity index is 2.64. The molecule has 1 aromatic rings. The maximum Gasteiger partial charge on any atom is 0.239 e. The SMILES string of the molecule is CCN(Cc1cccc(Cl)c1)C(=O)[C@@H](N)CCSC. The Morgan fingerprint density at radius 3 is 2.84 bits per heavy atom. The molecule has 1 amide bonds. The first-order valence-corrected chi connectivity index (χ1v) is 8.13. The average Bonchev–Trinajstić information content (AvgIpc) is 2.41. The molecule has 19 heavy (non-hydrogen) atoms. The van der Waals surface area contributed by atoms with Crippen molar-refractivity contribution in [2.75, 3.05) is 18.6 Å². The number of carbonyl (C=O) groups is 1. The number of halogens is 1. The summed E-state index contributed by atoms with van der Waals surface area (Å²) in [6.45, 7) is 3.17. The lowest BCUT2D eigenvalue weighted by molar-refractivity contribution is -0.133. The van der Waals surface area contributed by atoms with Crippen molar-refractivity contribution in [1.82, 2.24) is 4.90 Å². The van der Waals surface area contributed by atoms with Crippen LogP contribution in [-0.2, 0) is 11.3 Å². The van der Waals surface area contributed by atoms with Crippen molar-refractivity contribution in [3.63, 3.8) is 0 Å². The van der Waals surface area contributed by atoms with E-state index in [2.05, 4.69) is 0 Å². The van der Waals surface area contributed by atoms with Gasteiger partial charge in [0.15, 0.2) is 0 Å². The van der Waals surface area contributed by atoms with Crippen LogP contribution in [-0.4, -0.2) is 35.4 Å². The van der Waals surface area contributed by atoms with Gasteiger partial charge in [-0.1, -0.05) is 23.7 Å². The van der Waals surface area contributed by atoms with E-state index in [1.807, 2.05) is 37.4 Å². The van der Waals surface area contributed by atoms with Crippen molar-refractivity contribution >= 4 is 29.3 Å². The van der Waals surface area contributed by atoms with Gasteiger partial charge in [-0.15, -0.1) is 0 Å².